The van der Waals surface area contributed by atoms with Gasteiger partial charge in [-0.2, -0.15) is 0 Å². The molecular formula is C19H16N4O2S3. The van der Waals surface area contributed by atoms with E-state index in [1.807, 2.05) is 43.3 Å². The Morgan fingerprint density at radius 1 is 1.29 bits per heavy atom. The number of thioether (sulfide) groups is 1. The van der Waals surface area contributed by atoms with Crippen molar-refractivity contribution < 1.29 is 4.79 Å². The quantitative estimate of drug-likeness (QED) is 0.365. The third-order valence-electron chi connectivity index (χ3n) is 3.98. The molecule has 0 aliphatic rings. The molecule has 0 radical (unpaired) electrons. The SMILES string of the molecule is CCn1c(SCC(=O)Nc2nccs2)nc2cc(-c3ccccc3)sc2c1=O. The summed E-state index contributed by atoms with van der Waals surface area (Å²) in [5.74, 6) is -0.0139. The Hall–Kier alpha value is -2.49. The zero-order chi connectivity index (χ0) is 19.5. The number of thiazole rings is 1. The van der Waals surface area contributed by atoms with E-state index in [4.69, 9.17) is 0 Å². The molecule has 0 saturated carbocycles. The second kappa shape index (κ2) is 8.26. The van der Waals surface area contributed by atoms with Crippen LogP contribution in [0.1, 0.15) is 6.92 Å². The molecule has 0 spiro atoms. The predicted octanol–water partition coefficient (Wildman–Crippen LogP) is 4.33. The van der Waals surface area contributed by atoms with Gasteiger partial charge in [0.15, 0.2) is 10.3 Å². The first-order chi connectivity index (χ1) is 13.7. The summed E-state index contributed by atoms with van der Waals surface area (Å²) in [4.78, 5) is 34.8. The molecule has 3 heterocycles. The number of amides is 1. The van der Waals surface area contributed by atoms with Gasteiger partial charge in [-0.25, -0.2) is 9.97 Å². The largest absolute Gasteiger partial charge is 0.301 e. The lowest BCUT2D eigenvalue weighted by Gasteiger charge is -2.09. The molecule has 0 aliphatic carbocycles. The number of aromatic nitrogens is 3. The van der Waals surface area contributed by atoms with Crippen LogP contribution in [0.3, 0.4) is 0 Å². The molecule has 1 amide bonds. The van der Waals surface area contributed by atoms with Crippen molar-refractivity contribution in [2.75, 3.05) is 11.1 Å². The molecule has 1 aromatic carbocycles. The summed E-state index contributed by atoms with van der Waals surface area (Å²) in [6.45, 7) is 2.40. The number of nitrogens with zero attached hydrogens (tertiary/aromatic N) is 3. The highest BCUT2D eigenvalue weighted by Crippen LogP contribution is 2.32. The van der Waals surface area contributed by atoms with Gasteiger partial charge in [0.1, 0.15) is 4.70 Å². The van der Waals surface area contributed by atoms with Crippen LogP contribution in [0.25, 0.3) is 20.7 Å². The van der Waals surface area contributed by atoms with Crippen LogP contribution >= 0.6 is 34.4 Å². The van der Waals surface area contributed by atoms with Crippen LogP contribution in [0.2, 0.25) is 0 Å². The lowest BCUT2D eigenvalue weighted by atomic mass is 10.2. The van der Waals surface area contributed by atoms with Gasteiger partial charge in [-0.3, -0.25) is 14.2 Å². The van der Waals surface area contributed by atoms with E-state index >= 15 is 0 Å². The summed E-state index contributed by atoms with van der Waals surface area (Å²) in [5.41, 5.74) is 1.66. The number of carbonyl (C=O) groups excluding carboxylic acids is 1. The monoisotopic (exact) mass is 428 g/mol. The maximum Gasteiger partial charge on any atom is 0.272 e. The van der Waals surface area contributed by atoms with Crippen molar-refractivity contribution in [1.82, 2.24) is 14.5 Å². The van der Waals surface area contributed by atoms with Crippen molar-refractivity contribution >= 4 is 55.7 Å². The Kier molecular flexibility index (Phi) is 5.56. The number of anilines is 1. The van der Waals surface area contributed by atoms with Gasteiger partial charge < -0.3 is 5.32 Å². The molecule has 0 aliphatic heterocycles. The van der Waals surface area contributed by atoms with Crippen molar-refractivity contribution in [2.45, 2.75) is 18.6 Å². The van der Waals surface area contributed by atoms with Gasteiger partial charge in [0.25, 0.3) is 5.56 Å². The summed E-state index contributed by atoms with van der Waals surface area (Å²) in [6, 6.07) is 11.9. The van der Waals surface area contributed by atoms with Crippen LogP contribution in [0.15, 0.2) is 57.9 Å². The van der Waals surface area contributed by atoms with Crippen molar-refractivity contribution in [3.63, 3.8) is 0 Å². The van der Waals surface area contributed by atoms with Crippen LogP contribution in [0.5, 0.6) is 0 Å². The molecule has 0 unspecified atom stereocenters. The summed E-state index contributed by atoms with van der Waals surface area (Å²) in [5, 5.41) is 5.65. The summed E-state index contributed by atoms with van der Waals surface area (Å²) in [6.07, 6.45) is 1.64. The molecule has 6 nitrogen and oxygen atoms in total. The summed E-state index contributed by atoms with van der Waals surface area (Å²) in [7, 11) is 0. The van der Waals surface area contributed by atoms with Crippen LogP contribution in [-0.4, -0.2) is 26.2 Å². The second-order valence-corrected chi connectivity index (χ2v) is 8.70. The lowest BCUT2D eigenvalue weighted by molar-refractivity contribution is -0.113. The zero-order valence-corrected chi connectivity index (χ0v) is 17.4. The Labute approximate surface area is 173 Å². The predicted molar refractivity (Wildman–Crippen MR) is 116 cm³/mol. The minimum Gasteiger partial charge on any atom is -0.301 e. The minimum absolute atomic E-state index is 0.0671. The Morgan fingerprint density at radius 3 is 2.82 bits per heavy atom. The average Bonchev–Trinajstić information content (AvgIpc) is 3.37. The molecule has 4 rings (SSSR count). The zero-order valence-electron chi connectivity index (χ0n) is 14.9. The van der Waals surface area contributed by atoms with E-state index < -0.39 is 0 Å². The molecule has 0 bridgehead atoms. The molecule has 142 valence electrons. The first kappa shape index (κ1) is 18.9. The molecule has 0 fully saturated rings. The van der Waals surface area contributed by atoms with E-state index in [0.29, 0.717) is 27.0 Å². The van der Waals surface area contributed by atoms with Crippen LogP contribution in [0.4, 0.5) is 5.13 Å². The fourth-order valence-electron chi connectivity index (χ4n) is 2.69. The van der Waals surface area contributed by atoms with E-state index in [1.165, 1.54) is 34.4 Å². The molecule has 9 heteroatoms. The normalized spacial score (nSPS) is 11.0. The number of nitrogens with one attached hydrogen (secondary N) is 1. The Balaban J connectivity index is 1.62. The number of hydrogen-bond donors (Lipinski definition) is 1. The first-order valence-corrected chi connectivity index (χ1v) is 11.3. The molecule has 0 saturated heterocycles. The maximum atomic E-state index is 12.9. The fraction of sp³-hybridized carbons (Fsp3) is 0.158. The number of rotatable bonds is 6. The van der Waals surface area contributed by atoms with Crippen LogP contribution in [-0.2, 0) is 11.3 Å². The van der Waals surface area contributed by atoms with E-state index in [2.05, 4.69) is 15.3 Å². The fourth-order valence-corrected chi connectivity index (χ4v) is 5.15. The van der Waals surface area contributed by atoms with Crippen molar-refractivity contribution in [1.29, 1.82) is 0 Å². The van der Waals surface area contributed by atoms with Gasteiger partial charge in [0.05, 0.1) is 11.3 Å². The Bertz CT molecular complexity index is 1170. The third kappa shape index (κ3) is 3.87. The molecular weight excluding hydrogens is 412 g/mol. The number of thiophene rings is 1. The number of carbonyl (C=O) groups is 1. The van der Waals surface area contributed by atoms with Crippen molar-refractivity contribution in [3.8, 4) is 10.4 Å². The molecule has 3 aromatic heterocycles. The van der Waals surface area contributed by atoms with Gasteiger partial charge in [0, 0.05) is 23.0 Å². The van der Waals surface area contributed by atoms with Crippen LogP contribution in [0, 0.1) is 0 Å². The lowest BCUT2D eigenvalue weighted by Crippen LogP contribution is -2.22. The standard InChI is InChI=1S/C19H16N4O2S3/c1-2-23-17(25)16-13(10-14(28-16)12-6-4-3-5-7-12)21-19(23)27-11-15(24)22-18-20-8-9-26-18/h3-10H,2,11H2,1H3,(H,20,22,24). The molecule has 1 N–H and O–H groups in total. The van der Waals surface area contributed by atoms with E-state index in [-0.39, 0.29) is 17.2 Å². The summed E-state index contributed by atoms with van der Waals surface area (Å²) < 4.78 is 2.26. The second-order valence-electron chi connectivity index (χ2n) is 5.81. The van der Waals surface area contributed by atoms with Gasteiger partial charge >= 0.3 is 0 Å². The van der Waals surface area contributed by atoms with Gasteiger partial charge in [-0.05, 0) is 18.6 Å². The smallest absolute Gasteiger partial charge is 0.272 e. The maximum absolute atomic E-state index is 12.9. The minimum atomic E-state index is -0.174. The third-order valence-corrected chi connectivity index (χ3v) is 6.81. The van der Waals surface area contributed by atoms with Crippen molar-refractivity contribution in [3.05, 3.63) is 58.3 Å². The first-order valence-electron chi connectivity index (χ1n) is 8.57. The van der Waals surface area contributed by atoms with E-state index in [0.717, 1.165) is 10.4 Å². The van der Waals surface area contributed by atoms with E-state index in [9.17, 15) is 9.59 Å². The highest BCUT2D eigenvalue weighted by atomic mass is 32.2. The van der Waals surface area contributed by atoms with Gasteiger partial charge in [-0.15, -0.1) is 22.7 Å². The molecule has 0 atom stereocenters. The van der Waals surface area contributed by atoms with Crippen molar-refractivity contribution in [2.24, 2.45) is 0 Å². The number of hydrogen-bond acceptors (Lipinski definition) is 7. The summed E-state index contributed by atoms with van der Waals surface area (Å²) >= 11 is 4.07. The molecule has 28 heavy (non-hydrogen) atoms. The Morgan fingerprint density at radius 2 is 2.11 bits per heavy atom. The highest BCUT2D eigenvalue weighted by molar-refractivity contribution is 7.99. The van der Waals surface area contributed by atoms with E-state index in [1.54, 1.807) is 16.1 Å². The average molecular weight is 429 g/mol. The van der Waals surface area contributed by atoms with Gasteiger partial charge in [-0.1, -0.05) is 42.1 Å². The number of fused-ring (bicyclic) bond motifs is 1. The number of benzene rings is 1. The van der Waals surface area contributed by atoms with Gasteiger partial charge in [0.2, 0.25) is 5.91 Å². The highest BCUT2D eigenvalue weighted by Gasteiger charge is 2.16. The molecule has 4 aromatic rings. The van der Waals surface area contributed by atoms with Crippen LogP contribution < -0.4 is 10.9 Å². The topological polar surface area (TPSA) is 76.9 Å².